The van der Waals surface area contributed by atoms with Gasteiger partial charge in [-0.15, -0.1) is 11.3 Å². The Kier molecular flexibility index (Phi) is 10.3. The zero-order valence-corrected chi connectivity index (χ0v) is 27.9. The van der Waals surface area contributed by atoms with Gasteiger partial charge in [0.15, 0.2) is 5.78 Å². The molecule has 1 N–H and O–H groups in total. The number of carbonyl (C=O) groups excluding carboxylic acids is 2. The molecule has 0 aliphatic heterocycles. The zero-order valence-electron chi connectivity index (χ0n) is 26.3. The SMILES string of the molecule is CCC(C)c1ccc(NC(=O)Cn2c(=O)/c(=C\c3ccc(Cl)cc3Oc3ccc(C)cc3C)s/c2=C/C(=O)C(C)(C)C)cc1. The minimum absolute atomic E-state index is 0.148. The van der Waals surface area contributed by atoms with Gasteiger partial charge in [-0.2, -0.15) is 0 Å². The maximum Gasteiger partial charge on any atom is 0.269 e. The number of ketones is 1. The lowest BCUT2D eigenvalue weighted by atomic mass is 9.91. The zero-order chi connectivity index (χ0) is 32.2. The fraction of sp³-hybridized carbons (Fsp3) is 0.306. The number of carbonyl (C=O) groups is 2. The number of thiazole rings is 1. The van der Waals surface area contributed by atoms with E-state index < -0.39 is 5.41 Å². The number of hydrogen-bond acceptors (Lipinski definition) is 5. The third-order valence-electron chi connectivity index (χ3n) is 7.42. The molecule has 1 atom stereocenters. The Balaban J connectivity index is 1.74. The highest BCUT2D eigenvalue weighted by atomic mass is 35.5. The quantitative estimate of drug-likeness (QED) is 0.210. The van der Waals surface area contributed by atoms with Crippen molar-refractivity contribution in [2.24, 2.45) is 5.41 Å². The number of nitrogens with zero attached hydrogens (tertiary/aromatic N) is 1. The van der Waals surface area contributed by atoms with Crippen LogP contribution in [-0.2, 0) is 16.1 Å². The van der Waals surface area contributed by atoms with Crippen LogP contribution in [0.3, 0.4) is 0 Å². The van der Waals surface area contributed by atoms with Gasteiger partial charge in [-0.25, -0.2) is 0 Å². The molecule has 0 fully saturated rings. The molecule has 0 aliphatic carbocycles. The molecule has 0 radical (unpaired) electrons. The Hall–Kier alpha value is -3.94. The molecule has 1 unspecified atom stereocenters. The number of hydrogen-bond donors (Lipinski definition) is 1. The Morgan fingerprint density at radius 2 is 1.73 bits per heavy atom. The lowest BCUT2D eigenvalue weighted by Gasteiger charge is -2.13. The van der Waals surface area contributed by atoms with Crippen LogP contribution in [0.25, 0.3) is 12.2 Å². The summed E-state index contributed by atoms with van der Waals surface area (Å²) in [5.74, 6) is 1.07. The van der Waals surface area contributed by atoms with Crippen LogP contribution in [0.5, 0.6) is 11.5 Å². The number of ether oxygens (including phenoxy) is 1. The molecular weight excluding hydrogens is 592 g/mol. The Morgan fingerprint density at radius 3 is 2.36 bits per heavy atom. The average Bonchev–Trinajstić information content (AvgIpc) is 3.24. The summed E-state index contributed by atoms with van der Waals surface area (Å²) in [6.07, 6.45) is 4.18. The number of anilines is 1. The smallest absolute Gasteiger partial charge is 0.269 e. The molecule has 1 heterocycles. The Labute approximate surface area is 267 Å². The first kappa shape index (κ1) is 33.0. The third-order valence-corrected chi connectivity index (χ3v) is 8.72. The van der Waals surface area contributed by atoms with Gasteiger partial charge in [0, 0.05) is 33.8 Å². The van der Waals surface area contributed by atoms with Gasteiger partial charge in [0.2, 0.25) is 5.91 Å². The van der Waals surface area contributed by atoms with E-state index in [2.05, 4.69) is 19.2 Å². The number of halogens is 1. The average molecular weight is 631 g/mol. The lowest BCUT2D eigenvalue weighted by Crippen LogP contribution is -2.36. The van der Waals surface area contributed by atoms with Crippen molar-refractivity contribution in [1.82, 2.24) is 4.57 Å². The van der Waals surface area contributed by atoms with Crippen molar-refractivity contribution in [3.05, 3.63) is 107 Å². The maximum atomic E-state index is 13.8. The van der Waals surface area contributed by atoms with Gasteiger partial charge in [0.1, 0.15) is 22.7 Å². The van der Waals surface area contributed by atoms with E-state index in [0.717, 1.165) is 28.9 Å². The van der Waals surface area contributed by atoms with E-state index in [9.17, 15) is 14.4 Å². The number of nitrogens with one attached hydrogen (secondary N) is 1. The predicted molar refractivity (Wildman–Crippen MR) is 182 cm³/mol. The van der Waals surface area contributed by atoms with Crippen LogP contribution in [0.15, 0.2) is 65.5 Å². The fourth-order valence-electron chi connectivity index (χ4n) is 4.49. The van der Waals surface area contributed by atoms with Crippen LogP contribution in [0, 0.1) is 19.3 Å². The van der Waals surface area contributed by atoms with Crippen LogP contribution in [0.1, 0.15) is 69.2 Å². The Bertz CT molecular complexity index is 1860. The molecule has 4 aromatic rings. The summed E-state index contributed by atoms with van der Waals surface area (Å²) in [5, 5.41) is 3.38. The van der Waals surface area contributed by atoms with Gasteiger partial charge in [0.25, 0.3) is 5.56 Å². The number of aryl methyl sites for hydroxylation is 2. The minimum atomic E-state index is -0.655. The van der Waals surface area contributed by atoms with E-state index in [-0.39, 0.29) is 23.8 Å². The van der Waals surface area contributed by atoms with Crippen molar-refractivity contribution < 1.29 is 14.3 Å². The van der Waals surface area contributed by atoms with Crippen LogP contribution < -0.4 is 24.8 Å². The topological polar surface area (TPSA) is 77.4 Å². The molecule has 44 heavy (non-hydrogen) atoms. The lowest BCUT2D eigenvalue weighted by molar-refractivity contribution is -0.120. The summed E-state index contributed by atoms with van der Waals surface area (Å²) in [5.41, 5.74) is 3.53. The first-order valence-electron chi connectivity index (χ1n) is 14.7. The number of aromatic nitrogens is 1. The van der Waals surface area contributed by atoms with Crippen molar-refractivity contribution in [2.75, 3.05) is 5.32 Å². The van der Waals surface area contributed by atoms with Crippen LogP contribution in [-0.4, -0.2) is 16.3 Å². The van der Waals surface area contributed by atoms with Crippen molar-refractivity contribution in [2.45, 2.75) is 67.3 Å². The molecule has 0 saturated heterocycles. The molecule has 0 spiro atoms. The monoisotopic (exact) mass is 630 g/mol. The number of benzene rings is 3. The van der Waals surface area contributed by atoms with E-state index in [1.807, 2.05) is 77.1 Å². The van der Waals surface area contributed by atoms with Crippen molar-refractivity contribution in [3.63, 3.8) is 0 Å². The number of Topliss-reactive ketones (excluding diaryl/α,β-unsaturated/α-hetero) is 1. The maximum absolute atomic E-state index is 13.8. The molecule has 230 valence electrons. The first-order chi connectivity index (χ1) is 20.7. The highest BCUT2D eigenvalue weighted by molar-refractivity contribution is 7.07. The molecule has 8 heteroatoms. The Morgan fingerprint density at radius 1 is 1.02 bits per heavy atom. The second-order valence-electron chi connectivity index (χ2n) is 12.1. The largest absolute Gasteiger partial charge is 0.456 e. The van der Waals surface area contributed by atoms with Gasteiger partial charge in [-0.1, -0.05) is 76.0 Å². The molecule has 6 nitrogen and oxygen atoms in total. The standard InChI is InChI=1S/C36H39ClN2O4S/c1-8-23(3)25-11-14-28(15-12-25)38-33(41)21-39-34(20-32(40)36(5,6)7)44-31(35(39)42)18-26-10-13-27(37)19-30(26)43-29-16-9-22(2)17-24(29)4/h9-20,23H,8,21H2,1-7H3,(H,38,41)/b31-18+,34-20+. The third kappa shape index (κ3) is 8.16. The van der Waals surface area contributed by atoms with Crippen molar-refractivity contribution in [1.29, 1.82) is 0 Å². The van der Waals surface area contributed by atoms with Gasteiger partial charge >= 0.3 is 0 Å². The van der Waals surface area contributed by atoms with E-state index >= 15 is 0 Å². The molecular formula is C36H39ClN2O4S. The van der Waals surface area contributed by atoms with Gasteiger partial charge < -0.3 is 10.1 Å². The summed E-state index contributed by atoms with van der Waals surface area (Å²) in [6, 6.07) is 18.8. The molecule has 0 bridgehead atoms. The molecule has 0 saturated carbocycles. The second-order valence-corrected chi connectivity index (χ2v) is 13.6. The molecule has 1 amide bonds. The highest BCUT2D eigenvalue weighted by Gasteiger charge is 2.20. The van der Waals surface area contributed by atoms with E-state index in [1.54, 1.807) is 24.3 Å². The molecule has 4 rings (SSSR count). The van der Waals surface area contributed by atoms with Gasteiger partial charge in [-0.05, 0) is 73.7 Å². The van der Waals surface area contributed by atoms with Crippen molar-refractivity contribution >= 4 is 52.5 Å². The first-order valence-corrected chi connectivity index (χ1v) is 15.9. The summed E-state index contributed by atoms with van der Waals surface area (Å²) in [6.45, 7) is 13.5. The molecule has 1 aromatic heterocycles. The van der Waals surface area contributed by atoms with Crippen LogP contribution >= 0.6 is 22.9 Å². The predicted octanol–water partition coefficient (Wildman–Crippen LogP) is 7.35. The summed E-state index contributed by atoms with van der Waals surface area (Å²) in [7, 11) is 0. The van der Waals surface area contributed by atoms with Gasteiger partial charge in [0.05, 0.1) is 4.53 Å². The normalized spacial score (nSPS) is 13.2. The van der Waals surface area contributed by atoms with Crippen molar-refractivity contribution in [3.8, 4) is 11.5 Å². The fourth-order valence-corrected chi connectivity index (χ4v) is 5.68. The van der Waals surface area contributed by atoms with Gasteiger partial charge in [-0.3, -0.25) is 19.0 Å². The summed E-state index contributed by atoms with van der Waals surface area (Å²) >= 11 is 7.48. The molecule has 0 aliphatic rings. The van der Waals surface area contributed by atoms with E-state index in [1.165, 1.54) is 16.2 Å². The number of rotatable bonds is 9. The van der Waals surface area contributed by atoms with Crippen LogP contribution in [0.4, 0.5) is 5.69 Å². The summed E-state index contributed by atoms with van der Waals surface area (Å²) < 4.78 is 8.36. The van der Waals surface area contributed by atoms with E-state index in [4.69, 9.17) is 16.3 Å². The molecule has 3 aromatic carbocycles. The number of amides is 1. The highest BCUT2D eigenvalue weighted by Crippen LogP contribution is 2.31. The van der Waals surface area contributed by atoms with E-state index in [0.29, 0.717) is 42.9 Å². The second kappa shape index (κ2) is 13.8. The minimum Gasteiger partial charge on any atom is -0.456 e. The van der Waals surface area contributed by atoms with Crippen LogP contribution in [0.2, 0.25) is 5.02 Å². The summed E-state index contributed by atoms with van der Waals surface area (Å²) in [4.78, 5) is 39.9.